The van der Waals surface area contributed by atoms with E-state index in [1.54, 1.807) is 30.5 Å². The molecule has 9 heteroatoms. The predicted molar refractivity (Wildman–Crippen MR) is 127 cm³/mol. The van der Waals surface area contributed by atoms with Gasteiger partial charge in [0.05, 0.1) is 44.0 Å². The van der Waals surface area contributed by atoms with Crippen LogP contribution in [0.1, 0.15) is 15.9 Å². The lowest BCUT2D eigenvalue weighted by molar-refractivity contribution is 0.104. The molecule has 1 atom stereocenters. The van der Waals surface area contributed by atoms with Crippen molar-refractivity contribution < 1.29 is 29.2 Å². The second kappa shape index (κ2) is 10.8. The van der Waals surface area contributed by atoms with Crippen LogP contribution in [0.5, 0.6) is 17.2 Å². The number of allylic oxidation sites excluding steroid dienone is 1. The van der Waals surface area contributed by atoms with Crippen molar-refractivity contribution >= 4 is 46.1 Å². The smallest absolute Gasteiger partial charge is 0.203 e. The van der Waals surface area contributed by atoms with Gasteiger partial charge >= 0.3 is 0 Å². The number of hydrogen-bond acceptors (Lipinski definition) is 7. The van der Waals surface area contributed by atoms with Gasteiger partial charge in [0.1, 0.15) is 0 Å². The van der Waals surface area contributed by atoms with Crippen molar-refractivity contribution in [2.24, 2.45) is 0 Å². The summed E-state index contributed by atoms with van der Waals surface area (Å²) >= 11 is 7.52. The minimum Gasteiger partial charge on any atom is -0.493 e. The molecule has 3 N–H and O–H groups in total. The number of aliphatic hydroxyl groups is 2. The minimum absolute atomic E-state index is 0.134. The average molecular weight is 478 g/mol. The fourth-order valence-corrected chi connectivity index (χ4v) is 4.41. The third-order valence-corrected chi connectivity index (χ3v) is 6.25. The second-order valence-electron chi connectivity index (χ2n) is 6.81. The van der Waals surface area contributed by atoms with Gasteiger partial charge in [-0.2, -0.15) is 0 Å². The maximum Gasteiger partial charge on any atom is 0.203 e. The van der Waals surface area contributed by atoms with Gasteiger partial charge in [-0.05, 0) is 30.3 Å². The molecule has 0 bridgehead atoms. The lowest BCUT2D eigenvalue weighted by Gasteiger charge is -2.15. The molecule has 0 aliphatic carbocycles. The zero-order chi connectivity index (χ0) is 23.3. The largest absolute Gasteiger partial charge is 0.493 e. The van der Waals surface area contributed by atoms with Crippen LogP contribution >= 0.6 is 23.4 Å². The average Bonchev–Trinajstić information content (AvgIpc) is 3.23. The first kappa shape index (κ1) is 24.0. The van der Waals surface area contributed by atoms with Crippen LogP contribution in [0.25, 0.3) is 17.0 Å². The standard InChI is InChI=1S/C23H24ClNO6S/c1-29-18-7-13(8-19(30-2)23(18)31-3)22(28)20(32-12-15(27)11-26)9-14-10-25-17-6-4-5-16(24)21(14)17/h4-10,15,25-27H,11-12H2,1-3H3/b20-9+. The Morgan fingerprint density at radius 1 is 1.19 bits per heavy atom. The highest BCUT2D eigenvalue weighted by Gasteiger charge is 2.21. The van der Waals surface area contributed by atoms with Gasteiger partial charge in [-0.15, -0.1) is 11.8 Å². The number of carbonyl (C=O) groups is 1. The van der Waals surface area contributed by atoms with Crippen LogP contribution in [0.4, 0.5) is 0 Å². The number of Topliss-reactive ketones (excluding diaryl/α,β-unsaturated/α-hetero) is 1. The van der Waals surface area contributed by atoms with Crippen molar-refractivity contribution in [2.75, 3.05) is 33.7 Å². The van der Waals surface area contributed by atoms with Crippen LogP contribution in [0.3, 0.4) is 0 Å². The Bertz CT molecular complexity index is 1120. The third kappa shape index (κ3) is 5.05. The van der Waals surface area contributed by atoms with E-state index in [0.29, 0.717) is 32.7 Å². The second-order valence-corrected chi connectivity index (χ2v) is 8.27. The van der Waals surface area contributed by atoms with Gasteiger partial charge in [0.15, 0.2) is 17.3 Å². The molecule has 7 nitrogen and oxygen atoms in total. The first-order valence-corrected chi connectivity index (χ1v) is 11.0. The molecule has 0 spiro atoms. The van der Waals surface area contributed by atoms with Gasteiger partial charge in [-0.1, -0.05) is 17.7 Å². The number of carbonyl (C=O) groups excluding carboxylic acids is 1. The number of halogens is 1. The molecule has 1 unspecified atom stereocenters. The summed E-state index contributed by atoms with van der Waals surface area (Å²) in [6.07, 6.45) is 2.51. The quantitative estimate of drug-likeness (QED) is 0.298. The molecule has 3 aromatic rings. The maximum atomic E-state index is 13.5. The van der Waals surface area contributed by atoms with Gasteiger partial charge in [0, 0.05) is 34.0 Å². The molecule has 3 rings (SSSR count). The lowest BCUT2D eigenvalue weighted by Crippen LogP contribution is -2.16. The minimum atomic E-state index is -0.970. The number of aliphatic hydroxyl groups excluding tert-OH is 2. The Hall–Kier alpha value is -2.65. The molecule has 32 heavy (non-hydrogen) atoms. The molecule has 0 aliphatic rings. The number of aromatic nitrogens is 1. The van der Waals surface area contributed by atoms with E-state index in [4.69, 9.17) is 25.8 Å². The Labute approximate surface area is 194 Å². The number of ketones is 1. The highest BCUT2D eigenvalue weighted by atomic mass is 35.5. The molecule has 0 saturated carbocycles. The van der Waals surface area contributed by atoms with Gasteiger partial charge < -0.3 is 29.4 Å². The van der Waals surface area contributed by atoms with E-state index in [2.05, 4.69) is 4.98 Å². The first-order chi connectivity index (χ1) is 15.4. The van der Waals surface area contributed by atoms with Crippen molar-refractivity contribution in [3.05, 3.63) is 57.6 Å². The molecule has 0 aliphatic heterocycles. The SMILES string of the molecule is COc1cc(C(=O)/C(=C\c2c[nH]c3cccc(Cl)c23)SCC(O)CO)cc(OC)c1OC. The van der Waals surface area contributed by atoms with Crippen molar-refractivity contribution in [3.63, 3.8) is 0 Å². The Morgan fingerprint density at radius 2 is 1.88 bits per heavy atom. The van der Waals surface area contributed by atoms with Crippen molar-refractivity contribution in [1.29, 1.82) is 0 Å². The molecule has 170 valence electrons. The number of aromatic amines is 1. The molecule has 0 amide bonds. The number of H-pyrrole nitrogens is 1. The van der Waals surface area contributed by atoms with Crippen LogP contribution in [0.2, 0.25) is 5.02 Å². The monoisotopic (exact) mass is 477 g/mol. The predicted octanol–water partition coefficient (Wildman–Crippen LogP) is 4.16. The number of rotatable bonds is 10. The molecule has 0 saturated heterocycles. The first-order valence-electron chi connectivity index (χ1n) is 9.67. The van der Waals surface area contributed by atoms with Crippen molar-refractivity contribution in [2.45, 2.75) is 6.10 Å². The lowest BCUT2D eigenvalue weighted by atomic mass is 10.1. The topological polar surface area (TPSA) is 101 Å². The van der Waals surface area contributed by atoms with E-state index in [9.17, 15) is 15.0 Å². The Balaban J connectivity index is 2.09. The third-order valence-electron chi connectivity index (χ3n) is 4.76. The van der Waals surface area contributed by atoms with E-state index in [0.717, 1.165) is 28.2 Å². The van der Waals surface area contributed by atoms with Crippen LogP contribution in [0, 0.1) is 0 Å². The molecular formula is C23H24ClNO6S. The molecule has 1 heterocycles. The van der Waals surface area contributed by atoms with E-state index in [-0.39, 0.29) is 11.5 Å². The zero-order valence-corrected chi connectivity index (χ0v) is 19.4. The molecule has 0 fully saturated rings. The van der Waals surface area contributed by atoms with Crippen LogP contribution < -0.4 is 14.2 Å². The number of fused-ring (bicyclic) bond motifs is 1. The highest BCUT2D eigenvalue weighted by Crippen LogP contribution is 2.40. The van der Waals surface area contributed by atoms with E-state index < -0.39 is 12.7 Å². The zero-order valence-electron chi connectivity index (χ0n) is 17.8. The van der Waals surface area contributed by atoms with Gasteiger partial charge in [0.25, 0.3) is 0 Å². The van der Waals surface area contributed by atoms with Crippen LogP contribution in [-0.4, -0.2) is 60.8 Å². The fraction of sp³-hybridized carbons (Fsp3) is 0.261. The number of thioether (sulfide) groups is 1. The molecule has 0 radical (unpaired) electrons. The van der Waals surface area contributed by atoms with E-state index in [1.807, 2.05) is 12.1 Å². The van der Waals surface area contributed by atoms with E-state index >= 15 is 0 Å². The van der Waals surface area contributed by atoms with Gasteiger partial charge in [0.2, 0.25) is 5.75 Å². The highest BCUT2D eigenvalue weighted by molar-refractivity contribution is 8.04. The summed E-state index contributed by atoms with van der Waals surface area (Å²) in [6.45, 7) is -0.405. The summed E-state index contributed by atoms with van der Waals surface area (Å²) in [5.74, 6) is 0.911. The summed E-state index contributed by atoms with van der Waals surface area (Å²) in [4.78, 5) is 17.0. The van der Waals surface area contributed by atoms with Crippen LogP contribution in [-0.2, 0) is 0 Å². The maximum absolute atomic E-state index is 13.5. The number of benzene rings is 2. The fourth-order valence-electron chi connectivity index (χ4n) is 3.19. The number of methoxy groups -OCH3 is 3. The van der Waals surface area contributed by atoms with Crippen LogP contribution in [0.15, 0.2) is 41.4 Å². The van der Waals surface area contributed by atoms with Gasteiger partial charge in [-0.3, -0.25) is 4.79 Å². The number of ether oxygens (including phenoxy) is 3. The Morgan fingerprint density at radius 3 is 2.47 bits per heavy atom. The summed E-state index contributed by atoms with van der Waals surface area (Å²) in [5, 5.41) is 20.4. The van der Waals surface area contributed by atoms with Gasteiger partial charge in [-0.25, -0.2) is 0 Å². The summed E-state index contributed by atoms with van der Waals surface area (Å²) in [5.41, 5.74) is 1.89. The summed E-state index contributed by atoms with van der Waals surface area (Å²) in [6, 6.07) is 8.65. The van der Waals surface area contributed by atoms with Crippen molar-refractivity contribution in [3.8, 4) is 17.2 Å². The summed E-state index contributed by atoms with van der Waals surface area (Å²) in [7, 11) is 4.44. The summed E-state index contributed by atoms with van der Waals surface area (Å²) < 4.78 is 16.1. The normalized spacial score (nSPS) is 12.6. The Kier molecular flexibility index (Phi) is 8.09. The molecule has 2 aromatic carbocycles. The van der Waals surface area contributed by atoms with E-state index in [1.165, 1.54) is 21.3 Å². The number of hydrogen-bond donors (Lipinski definition) is 3. The molecule has 1 aromatic heterocycles. The molecular weight excluding hydrogens is 454 g/mol. The van der Waals surface area contributed by atoms with Crippen molar-refractivity contribution in [1.82, 2.24) is 4.98 Å². The number of nitrogens with one attached hydrogen (secondary N) is 1.